The van der Waals surface area contributed by atoms with Crippen molar-refractivity contribution in [3.63, 3.8) is 0 Å². The van der Waals surface area contributed by atoms with Crippen molar-refractivity contribution in [3.05, 3.63) is 41.3 Å². The number of hydrogen-bond acceptors (Lipinski definition) is 4. The van der Waals surface area contributed by atoms with Gasteiger partial charge in [0.1, 0.15) is 0 Å². The Hall–Kier alpha value is -2.70. The zero-order chi connectivity index (χ0) is 16.3. The molecule has 7 nitrogen and oxygen atoms in total. The van der Waals surface area contributed by atoms with E-state index < -0.39 is 12.0 Å². The standard InChI is InChI=1S/C15H18N4O3/c1-9(7-14(20)21)17-15(22)12-4-5-13(16-8-12)19-11(3)6-10(2)18-19/h4-6,8-9H,7H2,1-3H3,(H,17,22)(H,20,21). The Morgan fingerprint density at radius 3 is 2.59 bits per heavy atom. The average Bonchev–Trinajstić information content (AvgIpc) is 2.77. The Kier molecular flexibility index (Phi) is 4.55. The molecule has 0 aliphatic carbocycles. The molecule has 0 fully saturated rings. The van der Waals surface area contributed by atoms with Crippen LogP contribution in [-0.4, -0.2) is 37.8 Å². The fraction of sp³-hybridized carbons (Fsp3) is 0.333. The third kappa shape index (κ3) is 3.69. The number of nitrogens with one attached hydrogen (secondary N) is 1. The van der Waals surface area contributed by atoms with E-state index in [2.05, 4.69) is 15.4 Å². The van der Waals surface area contributed by atoms with E-state index in [0.717, 1.165) is 11.4 Å². The lowest BCUT2D eigenvalue weighted by molar-refractivity contribution is -0.137. The molecule has 0 aliphatic rings. The maximum Gasteiger partial charge on any atom is 0.305 e. The van der Waals surface area contributed by atoms with Crippen LogP contribution < -0.4 is 5.32 Å². The van der Waals surface area contributed by atoms with Crippen LogP contribution in [0.5, 0.6) is 0 Å². The van der Waals surface area contributed by atoms with Crippen molar-refractivity contribution in [2.75, 3.05) is 0 Å². The van der Waals surface area contributed by atoms with Crippen LogP contribution in [0, 0.1) is 13.8 Å². The molecule has 1 amide bonds. The van der Waals surface area contributed by atoms with Gasteiger partial charge in [0, 0.05) is 17.9 Å². The van der Waals surface area contributed by atoms with Crippen LogP contribution in [0.4, 0.5) is 0 Å². The van der Waals surface area contributed by atoms with E-state index in [1.807, 2.05) is 19.9 Å². The van der Waals surface area contributed by atoms with E-state index in [0.29, 0.717) is 11.4 Å². The van der Waals surface area contributed by atoms with Crippen LogP contribution in [0.2, 0.25) is 0 Å². The topological polar surface area (TPSA) is 97.1 Å². The lowest BCUT2D eigenvalue weighted by Gasteiger charge is -2.11. The molecule has 2 N–H and O–H groups in total. The van der Waals surface area contributed by atoms with Crippen molar-refractivity contribution in [2.24, 2.45) is 0 Å². The van der Waals surface area contributed by atoms with Gasteiger partial charge < -0.3 is 10.4 Å². The Bertz CT molecular complexity index is 691. The summed E-state index contributed by atoms with van der Waals surface area (Å²) in [6.45, 7) is 5.47. The van der Waals surface area contributed by atoms with Gasteiger partial charge in [0.2, 0.25) is 0 Å². The minimum atomic E-state index is -0.953. The van der Waals surface area contributed by atoms with Crippen LogP contribution in [0.1, 0.15) is 35.1 Å². The maximum absolute atomic E-state index is 12.0. The molecule has 2 heterocycles. The minimum absolute atomic E-state index is 0.122. The predicted molar refractivity (Wildman–Crippen MR) is 80.0 cm³/mol. The molecular weight excluding hydrogens is 284 g/mol. The van der Waals surface area contributed by atoms with Gasteiger partial charge in [-0.1, -0.05) is 0 Å². The van der Waals surface area contributed by atoms with E-state index in [-0.39, 0.29) is 12.3 Å². The van der Waals surface area contributed by atoms with Crippen LogP contribution in [0.15, 0.2) is 24.4 Å². The average molecular weight is 302 g/mol. The molecule has 0 spiro atoms. The molecule has 22 heavy (non-hydrogen) atoms. The molecule has 0 saturated carbocycles. The summed E-state index contributed by atoms with van der Waals surface area (Å²) in [5.74, 6) is -0.673. The van der Waals surface area contributed by atoms with E-state index >= 15 is 0 Å². The van der Waals surface area contributed by atoms with Gasteiger partial charge >= 0.3 is 5.97 Å². The molecular formula is C15H18N4O3. The molecule has 2 aromatic rings. The first-order chi connectivity index (χ1) is 10.4. The summed E-state index contributed by atoms with van der Waals surface area (Å²) in [4.78, 5) is 26.8. The maximum atomic E-state index is 12.0. The SMILES string of the molecule is Cc1cc(C)n(-c2ccc(C(=O)NC(C)CC(=O)O)cn2)n1. The van der Waals surface area contributed by atoms with E-state index in [1.165, 1.54) is 6.20 Å². The Morgan fingerprint density at radius 1 is 1.36 bits per heavy atom. The number of aromatic nitrogens is 3. The quantitative estimate of drug-likeness (QED) is 0.872. The molecule has 7 heteroatoms. The van der Waals surface area contributed by atoms with Gasteiger partial charge in [-0.3, -0.25) is 9.59 Å². The second-order valence-electron chi connectivity index (χ2n) is 5.22. The highest BCUT2D eigenvalue weighted by Crippen LogP contribution is 2.10. The molecule has 0 aliphatic heterocycles. The third-order valence-electron chi connectivity index (χ3n) is 3.09. The second-order valence-corrected chi connectivity index (χ2v) is 5.22. The Balaban J connectivity index is 2.10. The summed E-state index contributed by atoms with van der Waals surface area (Å²) in [5, 5.41) is 15.6. The fourth-order valence-corrected chi connectivity index (χ4v) is 2.13. The van der Waals surface area contributed by atoms with Gasteiger partial charge in [0.25, 0.3) is 5.91 Å². The van der Waals surface area contributed by atoms with E-state index in [1.54, 1.807) is 23.7 Å². The predicted octanol–water partition coefficient (Wildman–Crippen LogP) is 1.48. The number of carbonyl (C=O) groups excluding carboxylic acids is 1. The van der Waals surface area contributed by atoms with Gasteiger partial charge in [0.05, 0.1) is 17.7 Å². The van der Waals surface area contributed by atoms with Crippen molar-refractivity contribution in [1.29, 1.82) is 0 Å². The number of pyridine rings is 1. The van der Waals surface area contributed by atoms with Crippen molar-refractivity contribution in [2.45, 2.75) is 33.2 Å². The zero-order valence-electron chi connectivity index (χ0n) is 12.7. The van der Waals surface area contributed by atoms with Gasteiger partial charge in [-0.15, -0.1) is 0 Å². The second kappa shape index (κ2) is 6.38. The number of rotatable bonds is 5. The smallest absolute Gasteiger partial charge is 0.305 e. The first kappa shape index (κ1) is 15.7. The van der Waals surface area contributed by atoms with Crippen molar-refractivity contribution >= 4 is 11.9 Å². The van der Waals surface area contributed by atoms with Crippen LogP contribution >= 0.6 is 0 Å². The first-order valence-electron chi connectivity index (χ1n) is 6.89. The normalized spacial score (nSPS) is 12.0. The highest BCUT2D eigenvalue weighted by Gasteiger charge is 2.13. The molecule has 116 valence electrons. The highest BCUT2D eigenvalue weighted by atomic mass is 16.4. The monoisotopic (exact) mass is 302 g/mol. The van der Waals surface area contributed by atoms with Crippen LogP contribution in [-0.2, 0) is 4.79 Å². The summed E-state index contributed by atoms with van der Waals surface area (Å²) in [5.41, 5.74) is 2.23. The number of aryl methyl sites for hydroxylation is 2. The molecule has 1 unspecified atom stereocenters. The molecule has 2 aromatic heterocycles. The summed E-state index contributed by atoms with van der Waals surface area (Å²) in [6.07, 6.45) is 1.33. The highest BCUT2D eigenvalue weighted by molar-refractivity contribution is 5.94. The number of nitrogens with zero attached hydrogens (tertiary/aromatic N) is 3. The summed E-state index contributed by atoms with van der Waals surface area (Å²) in [7, 11) is 0. The molecule has 2 rings (SSSR count). The molecule has 0 aromatic carbocycles. The van der Waals surface area contributed by atoms with Gasteiger partial charge in [-0.25, -0.2) is 9.67 Å². The van der Waals surface area contributed by atoms with Crippen LogP contribution in [0.3, 0.4) is 0 Å². The lowest BCUT2D eigenvalue weighted by Crippen LogP contribution is -2.34. The fourth-order valence-electron chi connectivity index (χ4n) is 2.13. The number of hydrogen-bond donors (Lipinski definition) is 2. The number of aliphatic carboxylic acids is 1. The molecule has 1 atom stereocenters. The van der Waals surface area contributed by atoms with E-state index in [9.17, 15) is 9.59 Å². The van der Waals surface area contributed by atoms with Crippen molar-refractivity contribution in [1.82, 2.24) is 20.1 Å². The third-order valence-corrected chi connectivity index (χ3v) is 3.09. The number of carbonyl (C=O) groups is 2. The Morgan fingerprint density at radius 2 is 2.09 bits per heavy atom. The molecule has 0 radical (unpaired) electrons. The summed E-state index contributed by atoms with van der Waals surface area (Å²) in [6, 6.07) is 4.84. The summed E-state index contributed by atoms with van der Waals surface area (Å²) >= 11 is 0. The van der Waals surface area contributed by atoms with Gasteiger partial charge in [-0.05, 0) is 39.0 Å². The zero-order valence-corrected chi connectivity index (χ0v) is 12.7. The first-order valence-corrected chi connectivity index (χ1v) is 6.89. The number of carboxylic acid groups (broad SMARTS) is 1. The molecule has 0 bridgehead atoms. The number of amides is 1. The lowest BCUT2D eigenvalue weighted by atomic mass is 10.2. The Labute approximate surface area is 128 Å². The largest absolute Gasteiger partial charge is 0.481 e. The van der Waals surface area contributed by atoms with Crippen molar-refractivity contribution < 1.29 is 14.7 Å². The van der Waals surface area contributed by atoms with Crippen LogP contribution in [0.25, 0.3) is 5.82 Å². The van der Waals surface area contributed by atoms with E-state index in [4.69, 9.17) is 5.11 Å². The van der Waals surface area contributed by atoms with Crippen molar-refractivity contribution in [3.8, 4) is 5.82 Å². The minimum Gasteiger partial charge on any atom is -0.481 e. The number of carboxylic acids is 1. The summed E-state index contributed by atoms with van der Waals surface area (Å²) < 4.78 is 1.70. The van der Waals surface area contributed by atoms with Gasteiger partial charge in [0.15, 0.2) is 5.82 Å². The van der Waals surface area contributed by atoms with Gasteiger partial charge in [-0.2, -0.15) is 5.10 Å². The molecule has 0 saturated heterocycles.